The van der Waals surface area contributed by atoms with Crippen LogP contribution in [0.2, 0.25) is 0 Å². The van der Waals surface area contributed by atoms with E-state index in [-0.39, 0.29) is 5.56 Å². The van der Waals surface area contributed by atoms with Crippen LogP contribution >= 0.6 is 0 Å². The molecule has 0 spiro atoms. The molecule has 0 atom stereocenters. The van der Waals surface area contributed by atoms with E-state index in [1.807, 2.05) is 49.5 Å². The smallest absolute Gasteiger partial charge is 0.263 e. The molecule has 0 aliphatic rings. The average Bonchev–Trinajstić information content (AvgIpc) is 2.57. The number of methoxy groups -OCH3 is 2. The van der Waals surface area contributed by atoms with E-state index in [2.05, 4.69) is 0 Å². The van der Waals surface area contributed by atoms with Crippen LogP contribution in [-0.4, -0.2) is 18.8 Å². The molecule has 2 aromatic carbocycles. The number of hydrogen-bond acceptors (Lipinski definition) is 3. The second-order valence-corrected chi connectivity index (χ2v) is 5.08. The van der Waals surface area contributed by atoms with Crippen molar-refractivity contribution in [3.63, 3.8) is 0 Å². The minimum atomic E-state index is -0.0762. The van der Waals surface area contributed by atoms with Crippen molar-refractivity contribution in [1.29, 1.82) is 0 Å². The summed E-state index contributed by atoms with van der Waals surface area (Å²) in [5.41, 5.74) is 1.76. The SMILES string of the molecule is COc1cc2c(C)cn(-c3ccccc3)c(=O)c2cc1OC. The number of pyridine rings is 1. The summed E-state index contributed by atoms with van der Waals surface area (Å²) in [7, 11) is 3.15. The predicted molar refractivity (Wildman–Crippen MR) is 87.4 cm³/mol. The third-order valence-corrected chi connectivity index (χ3v) is 3.75. The van der Waals surface area contributed by atoms with Crippen LogP contribution in [0.25, 0.3) is 16.5 Å². The van der Waals surface area contributed by atoms with Crippen molar-refractivity contribution in [3.8, 4) is 17.2 Å². The van der Waals surface area contributed by atoms with E-state index in [0.717, 1.165) is 16.6 Å². The second kappa shape index (κ2) is 5.56. The highest BCUT2D eigenvalue weighted by Crippen LogP contribution is 2.32. The lowest BCUT2D eigenvalue weighted by Crippen LogP contribution is -2.18. The van der Waals surface area contributed by atoms with Gasteiger partial charge in [-0.3, -0.25) is 9.36 Å². The van der Waals surface area contributed by atoms with Gasteiger partial charge < -0.3 is 9.47 Å². The van der Waals surface area contributed by atoms with Gasteiger partial charge >= 0.3 is 0 Å². The number of fused-ring (bicyclic) bond motifs is 1. The highest BCUT2D eigenvalue weighted by atomic mass is 16.5. The van der Waals surface area contributed by atoms with E-state index in [9.17, 15) is 4.79 Å². The molecule has 0 saturated heterocycles. The molecule has 0 aliphatic carbocycles. The summed E-state index contributed by atoms with van der Waals surface area (Å²) in [5.74, 6) is 1.17. The first kappa shape index (κ1) is 14.2. The van der Waals surface area contributed by atoms with Crippen LogP contribution in [0.1, 0.15) is 5.56 Å². The first-order chi connectivity index (χ1) is 10.7. The molecule has 0 bridgehead atoms. The molecule has 0 aliphatic heterocycles. The molecule has 0 radical (unpaired) electrons. The predicted octanol–water partition coefficient (Wildman–Crippen LogP) is 3.32. The molecule has 3 rings (SSSR count). The lowest BCUT2D eigenvalue weighted by molar-refractivity contribution is 0.356. The number of hydrogen-bond donors (Lipinski definition) is 0. The van der Waals surface area contributed by atoms with Gasteiger partial charge in [-0.05, 0) is 42.1 Å². The molecule has 0 fully saturated rings. The van der Waals surface area contributed by atoms with Crippen LogP contribution in [0.4, 0.5) is 0 Å². The summed E-state index contributed by atoms with van der Waals surface area (Å²) in [6.07, 6.45) is 1.85. The minimum Gasteiger partial charge on any atom is -0.493 e. The third-order valence-electron chi connectivity index (χ3n) is 3.75. The fraction of sp³-hybridized carbons (Fsp3) is 0.167. The number of nitrogens with zero attached hydrogens (tertiary/aromatic N) is 1. The maximum absolute atomic E-state index is 12.8. The molecule has 1 aromatic heterocycles. The maximum atomic E-state index is 12.8. The maximum Gasteiger partial charge on any atom is 0.263 e. The summed E-state index contributed by atoms with van der Waals surface area (Å²) in [6.45, 7) is 1.98. The number of aryl methyl sites for hydroxylation is 1. The van der Waals surface area contributed by atoms with Crippen molar-refractivity contribution in [2.45, 2.75) is 6.92 Å². The Morgan fingerprint density at radius 1 is 0.909 bits per heavy atom. The van der Waals surface area contributed by atoms with E-state index in [1.54, 1.807) is 24.9 Å². The minimum absolute atomic E-state index is 0.0762. The number of benzene rings is 2. The van der Waals surface area contributed by atoms with Crippen LogP contribution in [0.15, 0.2) is 53.5 Å². The largest absolute Gasteiger partial charge is 0.493 e. The van der Waals surface area contributed by atoms with Gasteiger partial charge in [-0.2, -0.15) is 0 Å². The lowest BCUT2D eigenvalue weighted by atomic mass is 10.1. The van der Waals surface area contributed by atoms with Gasteiger partial charge in [-0.15, -0.1) is 0 Å². The zero-order valence-electron chi connectivity index (χ0n) is 12.8. The van der Waals surface area contributed by atoms with E-state index >= 15 is 0 Å². The Balaban J connectivity index is 2.36. The Bertz CT molecular complexity index is 882. The zero-order chi connectivity index (χ0) is 15.7. The molecular formula is C18H17NO3. The van der Waals surface area contributed by atoms with Crippen molar-refractivity contribution >= 4 is 10.8 Å². The Kier molecular flexibility index (Phi) is 3.59. The van der Waals surface area contributed by atoms with Crippen LogP contribution < -0.4 is 15.0 Å². The standard InChI is InChI=1S/C18H17NO3/c1-12-11-19(13-7-5-4-6-8-13)18(20)15-10-17(22-3)16(21-2)9-14(12)15/h4-11H,1-3H3. The summed E-state index contributed by atoms with van der Waals surface area (Å²) >= 11 is 0. The number of rotatable bonds is 3. The fourth-order valence-electron chi connectivity index (χ4n) is 2.61. The zero-order valence-corrected chi connectivity index (χ0v) is 12.8. The number of aromatic nitrogens is 1. The fourth-order valence-corrected chi connectivity index (χ4v) is 2.61. The molecule has 22 heavy (non-hydrogen) atoms. The molecule has 4 heteroatoms. The van der Waals surface area contributed by atoms with Gasteiger partial charge in [0.2, 0.25) is 0 Å². The molecule has 0 amide bonds. The van der Waals surface area contributed by atoms with Crippen molar-refractivity contribution in [2.24, 2.45) is 0 Å². The van der Waals surface area contributed by atoms with E-state index in [1.165, 1.54) is 0 Å². The number of para-hydroxylation sites is 1. The van der Waals surface area contributed by atoms with E-state index in [0.29, 0.717) is 16.9 Å². The highest BCUT2D eigenvalue weighted by molar-refractivity contribution is 5.88. The van der Waals surface area contributed by atoms with Crippen LogP contribution in [0.3, 0.4) is 0 Å². The van der Waals surface area contributed by atoms with Crippen LogP contribution in [0, 0.1) is 6.92 Å². The molecule has 3 aromatic rings. The van der Waals surface area contributed by atoms with Crippen molar-refractivity contribution < 1.29 is 9.47 Å². The van der Waals surface area contributed by atoms with Crippen molar-refractivity contribution in [1.82, 2.24) is 4.57 Å². The summed E-state index contributed by atoms with van der Waals surface area (Å²) in [5, 5.41) is 1.48. The first-order valence-electron chi connectivity index (χ1n) is 6.99. The topological polar surface area (TPSA) is 40.5 Å². The first-order valence-corrected chi connectivity index (χ1v) is 6.99. The number of ether oxygens (including phenoxy) is 2. The summed E-state index contributed by atoms with van der Waals surface area (Å²) in [4.78, 5) is 12.8. The average molecular weight is 295 g/mol. The van der Waals surface area contributed by atoms with E-state index in [4.69, 9.17) is 9.47 Å². The van der Waals surface area contributed by atoms with Crippen molar-refractivity contribution in [3.05, 3.63) is 64.6 Å². The molecule has 1 heterocycles. The van der Waals surface area contributed by atoms with Gasteiger partial charge in [0.1, 0.15) is 0 Å². The highest BCUT2D eigenvalue weighted by Gasteiger charge is 2.13. The van der Waals surface area contributed by atoms with Crippen LogP contribution in [-0.2, 0) is 0 Å². The molecule has 0 N–H and O–H groups in total. The van der Waals surface area contributed by atoms with Gasteiger partial charge in [0.05, 0.1) is 19.6 Å². The Morgan fingerprint density at radius 2 is 1.50 bits per heavy atom. The molecular weight excluding hydrogens is 278 g/mol. The van der Waals surface area contributed by atoms with Gasteiger partial charge in [-0.25, -0.2) is 0 Å². The summed E-state index contributed by atoms with van der Waals surface area (Å²) < 4.78 is 12.3. The van der Waals surface area contributed by atoms with Gasteiger partial charge in [0.15, 0.2) is 11.5 Å². The Hall–Kier alpha value is -2.75. The van der Waals surface area contributed by atoms with Gasteiger partial charge in [-0.1, -0.05) is 18.2 Å². The second-order valence-electron chi connectivity index (χ2n) is 5.08. The Labute approximate surface area is 128 Å². The lowest BCUT2D eigenvalue weighted by Gasteiger charge is -2.13. The van der Waals surface area contributed by atoms with Crippen molar-refractivity contribution in [2.75, 3.05) is 14.2 Å². The summed E-state index contributed by atoms with van der Waals surface area (Å²) in [6, 6.07) is 13.2. The van der Waals surface area contributed by atoms with Gasteiger partial charge in [0.25, 0.3) is 5.56 Å². The molecule has 0 unspecified atom stereocenters. The van der Waals surface area contributed by atoms with Crippen LogP contribution in [0.5, 0.6) is 11.5 Å². The normalized spacial score (nSPS) is 10.7. The molecule has 112 valence electrons. The molecule has 4 nitrogen and oxygen atoms in total. The van der Waals surface area contributed by atoms with E-state index < -0.39 is 0 Å². The van der Waals surface area contributed by atoms with Gasteiger partial charge in [0, 0.05) is 11.9 Å². The monoisotopic (exact) mass is 295 g/mol. The quantitative estimate of drug-likeness (QED) is 0.744. The Morgan fingerprint density at radius 3 is 2.09 bits per heavy atom. The third kappa shape index (κ3) is 2.22. The molecule has 0 saturated carbocycles.